The summed E-state index contributed by atoms with van der Waals surface area (Å²) in [6.45, 7) is 2.85. The third kappa shape index (κ3) is 4.53. The summed E-state index contributed by atoms with van der Waals surface area (Å²) in [6, 6.07) is 11.7. The molecule has 2 amide bonds. The van der Waals surface area contributed by atoms with Gasteiger partial charge in [-0.25, -0.2) is 0 Å². The molecule has 0 N–H and O–H groups in total. The lowest BCUT2D eigenvalue weighted by Gasteiger charge is -2.35. The van der Waals surface area contributed by atoms with Gasteiger partial charge in [-0.05, 0) is 30.3 Å². The molecule has 1 fully saturated rings. The second-order valence-corrected chi connectivity index (χ2v) is 6.74. The Labute approximate surface area is 174 Å². The minimum absolute atomic E-state index is 0.175. The molecule has 2 aromatic rings. The number of esters is 1. The number of rotatable bonds is 5. The Hall–Kier alpha value is -3.55. The summed E-state index contributed by atoms with van der Waals surface area (Å²) in [6.07, 6.45) is 0. The molecule has 0 aliphatic carbocycles. The molecule has 8 nitrogen and oxygen atoms in total. The average Bonchev–Trinajstić information content (AvgIpc) is 2.77. The van der Waals surface area contributed by atoms with Crippen molar-refractivity contribution in [3.63, 3.8) is 0 Å². The molecule has 0 unspecified atom stereocenters. The van der Waals surface area contributed by atoms with Gasteiger partial charge in [0, 0.05) is 38.7 Å². The van der Waals surface area contributed by atoms with E-state index in [0.29, 0.717) is 54.6 Å². The molecule has 0 bridgehead atoms. The van der Waals surface area contributed by atoms with E-state index in [1.54, 1.807) is 52.3 Å². The Morgan fingerprint density at radius 2 is 1.33 bits per heavy atom. The van der Waals surface area contributed by atoms with E-state index in [2.05, 4.69) is 0 Å². The van der Waals surface area contributed by atoms with E-state index >= 15 is 0 Å². The molecule has 30 heavy (non-hydrogen) atoms. The first kappa shape index (κ1) is 21.2. The van der Waals surface area contributed by atoms with Crippen LogP contribution in [0.25, 0.3) is 0 Å². The van der Waals surface area contributed by atoms with Crippen molar-refractivity contribution in [2.75, 3.05) is 40.4 Å². The van der Waals surface area contributed by atoms with Gasteiger partial charge in [0.25, 0.3) is 11.8 Å². The van der Waals surface area contributed by atoms with Gasteiger partial charge in [-0.2, -0.15) is 0 Å². The normalized spacial score (nSPS) is 13.6. The van der Waals surface area contributed by atoms with Gasteiger partial charge in [-0.15, -0.1) is 0 Å². The predicted octanol–water partition coefficient (Wildman–Crippen LogP) is 2.23. The minimum Gasteiger partial charge on any atom is -0.496 e. The Balaban J connectivity index is 1.69. The summed E-state index contributed by atoms with van der Waals surface area (Å²) in [5.41, 5.74) is 0.802. The predicted molar refractivity (Wildman–Crippen MR) is 109 cm³/mol. The summed E-state index contributed by atoms with van der Waals surface area (Å²) in [4.78, 5) is 40.4. The SMILES string of the molecule is COc1cccc(OC)c1C(=O)N1CCN(C(=O)c2cccc(OC(C)=O)c2)CC1. The number of methoxy groups -OCH3 is 2. The van der Waals surface area contributed by atoms with Crippen molar-refractivity contribution in [3.05, 3.63) is 53.6 Å². The first-order valence-corrected chi connectivity index (χ1v) is 9.52. The van der Waals surface area contributed by atoms with E-state index in [0.717, 1.165) is 0 Å². The van der Waals surface area contributed by atoms with Crippen molar-refractivity contribution in [3.8, 4) is 17.2 Å². The molecule has 1 aliphatic rings. The quantitative estimate of drug-likeness (QED) is 0.553. The largest absolute Gasteiger partial charge is 0.496 e. The average molecular weight is 412 g/mol. The highest BCUT2D eigenvalue weighted by atomic mass is 16.5. The van der Waals surface area contributed by atoms with Crippen LogP contribution in [0.3, 0.4) is 0 Å². The van der Waals surface area contributed by atoms with Gasteiger partial charge in [-0.3, -0.25) is 14.4 Å². The van der Waals surface area contributed by atoms with Crippen LogP contribution in [0, 0.1) is 0 Å². The molecular weight excluding hydrogens is 388 g/mol. The molecule has 3 rings (SSSR count). The van der Waals surface area contributed by atoms with Gasteiger partial charge < -0.3 is 24.0 Å². The van der Waals surface area contributed by atoms with Crippen molar-refractivity contribution >= 4 is 17.8 Å². The maximum Gasteiger partial charge on any atom is 0.308 e. The Bertz CT molecular complexity index is 928. The number of carbonyl (C=O) groups excluding carboxylic acids is 3. The van der Waals surface area contributed by atoms with E-state index < -0.39 is 5.97 Å². The Morgan fingerprint density at radius 1 is 0.800 bits per heavy atom. The third-order valence-electron chi connectivity index (χ3n) is 4.84. The molecule has 1 heterocycles. The number of ether oxygens (including phenoxy) is 3. The Kier molecular flexibility index (Phi) is 6.56. The number of benzene rings is 2. The second kappa shape index (κ2) is 9.30. The monoisotopic (exact) mass is 412 g/mol. The number of amides is 2. The van der Waals surface area contributed by atoms with Gasteiger partial charge in [0.05, 0.1) is 14.2 Å². The molecule has 158 valence electrons. The van der Waals surface area contributed by atoms with Gasteiger partial charge >= 0.3 is 5.97 Å². The van der Waals surface area contributed by atoms with Gasteiger partial charge in [0.15, 0.2) is 0 Å². The summed E-state index contributed by atoms with van der Waals surface area (Å²) >= 11 is 0. The molecule has 2 aromatic carbocycles. The molecular formula is C22H24N2O6. The van der Waals surface area contributed by atoms with Crippen LogP contribution in [0.2, 0.25) is 0 Å². The van der Waals surface area contributed by atoms with E-state index in [4.69, 9.17) is 14.2 Å². The standard InChI is InChI=1S/C22H24N2O6/c1-15(25)30-17-7-4-6-16(14-17)21(26)23-10-12-24(13-11-23)22(27)20-18(28-2)8-5-9-19(20)29-3/h4-9,14H,10-13H2,1-3H3. The fourth-order valence-corrected chi connectivity index (χ4v) is 3.37. The van der Waals surface area contributed by atoms with Crippen molar-refractivity contribution in [1.29, 1.82) is 0 Å². The Morgan fingerprint density at radius 3 is 1.87 bits per heavy atom. The maximum absolute atomic E-state index is 13.1. The molecule has 0 atom stereocenters. The van der Waals surface area contributed by atoms with E-state index in [1.807, 2.05) is 0 Å². The highest BCUT2D eigenvalue weighted by Crippen LogP contribution is 2.30. The zero-order valence-electron chi connectivity index (χ0n) is 17.2. The lowest BCUT2D eigenvalue weighted by atomic mass is 10.1. The minimum atomic E-state index is -0.446. The number of carbonyl (C=O) groups is 3. The van der Waals surface area contributed by atoms with Crippen molar-refractivity contribution in [1.82, 2.24) is 9.80 Å². The number of piperazine rings is 1. The third-order valence-corrected chi connectivity index (χ3v) is 4.84. The highest BCUT2D eigenvalue weighted by molar-refractivity contribution is 6.00. The zero-order valence-corrected chi connectivity index (χ0v) is 17.2. The number of nitrogens with zero attached hydrogens (tertiary/aromatic N) is 2. The molecule has 0 radical (unpaired) electrons. The summed E-state index contributed by atoms with van der Waals surface area (Å²) in [7, 11) is 3.01. The summed E-state index contributed by atoms with van der Waals surface area (Å²) in [5, 5.41) is 0. The van der Waals surface area contributed by atoms with Crippen molar-refractivity contribution in [2.45, 2.75) is 6.92 Å². The fraction of sp³-hybridized carbons (Fsp3) is 0.318. The van der Waals surface area contributed by atoms with Crippen LogP contribution in [0.1, 0.15) is 27.6 Å². The second-order valence-electron chi connectivity index (χ2n) is 6.74. The van der Waals surface area contributed by atoms with Gasteiger partial charge in [-0.1, -0.05) is 12.1 Å². The van der Waals surface area contributed by atoms with Crippen LogP contribution in [0.15, 0.2) is 42.5 Å². The van der Waals surface area contributed by atoms with Crippen molar-refractivity contribution in [2.24, 2.45) is 0 Å². The van der Waals surface area contributed by atoms with E-state index in [-0.39, 0.29) is 11.8 Å². The number of hydrogen-bond donors (Lipinski definition) is 0. The van der Waals surface area contributed by atoms with E-state index in [1.165, 1.54) is 21.1 Å². The summed E-state index contributed by atoms with van der Waals surface area (Å²) in [5.74, 6) is 0.392. The molecule has 8 heteroatoms. The van der Waals surface area contributed by atoms with Crippen LogP contribution < -0.4 is 14.2 Å². The van der Waals surface area contributed by atoms with Crippen LogP contribution in [0.5, 0.6) is 17.2 Å². The molecule has 0 saturated carbocycles. The van der Waals surface area contributed by atoms with Gasteiger partial charge in [0.2, 0.25) is 0 Å². The lowest BCUT2D eigenvalue weighted by Crippen LogP contribution is -2.50. The smallest absolute Gasteiger partial charge is 0.308 e. The van der Waals surface area contributed by atoms with Crippen LogP contribution in [0.4, 0.5) is 0 Å². The first-order valence-electron chi connectivity index (χ1n) is 9.52. The van der Waals surface area contributed by atoms with Gasteiger partial charge in [0.1, 0.15) is 22.8 Å². The fourth-order valence-electron chi connectivity index (χ4n) is 3.37. The highest BCUT2D eigenvalue weighted by Gasteiger charge is 2.29. The molecule has 1 saturated heterocycles. The molecule has 1 aliphatic heterocycles. The lowest BCUT2D eigenvalue weighted by molar-refractivity contribution is -0.131. The zero-order chi connectivity index (χ0) is 21.7. The van der Waals surface area contributed by atoms with Crippen molar-refractivity contribution < 1.29 is 28.6 Å². The molecule has 0 aromatic heterocycles. The summed E-state index contributed by atoms with van der Waals surface area (Å²) < 4.78 is 15.7. The van der Waals surface area contributed by atoms with Crippen LogP contribution in [-0.2, 0) is 4.79 Å². The molecule has 0 spiro atoms. The van der Waals surface area contributed by atoms with Crippen LogP contribution in [-0.4, -0.2) is 68.0 Å². The number of hydrogen-bond acceptors (Lipinski definition) is 6. The maximum atomic E-state index is 13.1. The van der Waals surface area contributed by atoms with E-state index in [9.17, 15) is 14.4 Å². The van der Waals surface area contributed by atoms with Crippen LogP contribution >= 0.6 is 0 Å². The first-order chi connectivity index (χ1) is 14.4. The topological polar surface area (TPSA) is 85.4 Å².